The minimum atomic E-state index is -0.353. The van der Waals surface area contributed by atoms with Crippen LogP contribution in [-0.2, 0) is 17.6 Å². The monoisotopic (exact) mass is 343 g/mol. The molecule has 0 spiro atoms. The molecule has 1 atom stereocenters. The van der Waals surface area contributed by atoms with Crippen LogP contribution >= 0.6 is 11.8 Å². The lowest BCUT2D eigenvalue weighted by Crippen LogP contribution is -2.24. The third-order valence-corrected chi connectivity index (χ3v) is 5.20. The van der Waals surface area contributed by atoms with Crippen LogP contribution in [0.5, 0.6) is 0 Å². The average molecular weight is 343 g/mol. The van der Waals surface area contributed by atoms with Crippen LogP contribution in [0.25, 0.3) is 0 Å². The molecule has 1 amide bonds. The maximum absolute atomic E-state index is 12.4. The number of anilines is 1. The summed E-state index contributed by atoms with van der Waals surface area (Å²) in [5.41, 5.74) is 4.61. The van der Waals surface area contributed by atoms with Crippen molar-refractivity contribution < 1.29 is 4.79 Å². The minimum absolute atomic E-state index is 0.0676. The van der Waals surface area contributed by atoms with E-state index in [-0.39, 0.29) is 16.7 Å². The zero-order valence-corrected chi connectivity index (χ0v) is 14.9. The summed E-state index contributed by atoms with van der Waals surface area (Å²) in [6.45, 7) is 5.81. The zero-order valence-electron chi connectivity index (χ0n) is 14.1. The van der Waals surface area contributed by atoms with E-state index in [1.165, 1.54) is 11.8 Å². The maximum Gasteiger partial charge on any atom is 0.254 e. The van der Waals surface area contributed by atoms with Gasteiger partial charge in [0, 0.05) is 11.3 Å². The smallest absolute Gasteiger partial charge is 0.254 e. The van der Waals surface area contributed by atoms with Gasteiger partial charge >= 0.3 is 0 Å². The van der Waals surface area contributed by atoms with Crippen LogP contribution in [0.1, 0.15) is 35.7 Å². The second-order valence-electron chi connectivity index (χ2n) is 6.22. The molecule has 1 heterocycles. The Morgan fingerprint density at radius 1 is 1.33 bits per heavy atom. The Kier molecular flexibility index (Phi) is 4.76. The van der Waals surface area contributed by atoms with E-state index in [0.29, 0.717) is 5.16 Å². The number of hydrogen-bond acceptors (Lipinski definition) is 4. The Labute approximate surface area is 145 Å². The van der Waals surface area contributed by atoms with E-state index in [1.54, 1.807) is 0 Å². The van der Waals surface area contributed by atoms with Crippen molar-refractivity contribution in [2.24, 2.45) is 0 Å². The first kappa shape index (κ1) is 16.8. The summed E-state index contributed by atoms with van der Waals surface area (Å²) in [5.74, 6) is -0.102. The van der Waals surface area contributed by atoms with Gasteiger partial charge in [-0.2, -0.15) is 0 Å². The molecule has 2 aromatic rings. The number of thioether (sulfide) groups is 1. The number of nitrogens with one attached hydrogen (secondary N) is 2. The third-order valence-electron chi connectivity index (χ3n) is 4.22. The number of fused-ring (bicyclic) bond motifs is 1. The molecule has 5 nitrogen and oxygen atoms in total. The van der Waals surface area contributed by atoms with Crippen LogP contribution in [0.2, 0.25) is 0 Å². The molecule has 2 N–H and O–H groups in total. The summed E-state index contributed by atoms with van der Waals surface area (Å²) in [5, 5.41) is 3.11. The van der Waals surface area contributed by atoms with E-state index in [9.17, 15) is 9.59 Å². The molecule has 0 bridgehead atoms. The third kappa shape index (κ3) is 3.53. The van der Waals surface area contributed by atoms with Gasteiger partial charge in [0.15, 0.2) is 5.16 Å². The number of rotatable bonds is 4. The number of aryl methyl sites for hydroxylation is 3. The van der Waals surface area contributed by atoms with Crippen molar-refractivity contribution in [2.75, 3.05) is 5.32 Å². The second-order valence-corrected chi connectivity index (χ2v) is 7.55. The number of hydrogen-bond donors (Lipinski definition) is 2. The molecule has 0 aliphatic heterocycles. The zero-order chi connectivity index (χ0) is 17.3. The summed E-state index contributed by atoms with van der Waals surface area (Å²) in [7, 11) is 0. The van der Waals surface area contributed by atoms with Gasteiger partial charge in [-0.05, 0) is 51.7 Å². The van der Waals surface area contributed by atoms with Crippen LogP contribution in [-0.4, -0.2) is 21.1 Å². The molecule has 1 aliphatic carbocycles. The fourth-order valence-corrected chi connectivity index (χ4v) is 3.70. The summed E-state index contributed by atoms with van der Waals surface area (Å²) in [4.78, 5) is 31.8. The van der Waals surface area contributed by atoms with Gasteiger partial charge in [-0.15, -0.1) is 0 Å². The number of nitrogens with zero attached hydrogens (tertiary/aromatic N) is 1. The molecule has 1 aromatic carbocycles. The number of aromatic amines is 1. The molecule has 0 saturated carbocycles. The number of H-pyrrole nitrogens is 1. The van der Waals surface area contributed by atoms with Gasteiger partial charge in [0.05, 0.1) is 10.9 Å². The lowest BCUT2D eigenvalue weighted by Gasteiger charge is -2.13. The number of carbonyl (C=O) groups excluding carboxylic acids is 1. The molecule has 1 aliphatic rings. The highest BCUT2D eigenvalue weighted by molar-refractivity contribution is 8.00. The first-order valence-corrected chi connectivity index (χ1v) is 8.99. The number of carbonyl (C=O) groups is 1. The molecule has 126 valence electrons. The fraction of sp³-hybridized carbons (Fsp3) is 0.389. The van der Waals surface area contributed by atoms with Gasteiger partial charge in [-0.25, -0.2) is 4.98 Å². The lowest BCUT2D eigenvalue weighted by atomic mass is 10.1. The van der Waals surface area contributed by atoms with E-state index < -0.39 is 0 Å². The highest BCUT2D eigenvalue weighted by Gasteiger charge is 2.21. The van der Waals surface area contributed by atoms with Gasteiger partial charge in [0.25, 0.3) is 5.56 Å². The summed E-state index contributed by atoms with van der Waals surface area (Å²) in [6, 6.07) is 5.92. The van der Waals surface area contributed by atoms with E-state index in [1.807, 2.05) is 39.0 Å². The Morgan fingerprint density at radius 3 is 2.88 bits per heavy atom. The van der Waals surface area contributed by atoms with E-state index in [2.05, 4.69) is 15.3 Å². The molecule has 1 aromatic heterocycles. The molecular weight excluding hydrogens is 322 g/mol. The summed E-state index contributed by atoms with van der Waals surface area (Å²) < 4.78 is 0. The first-order valence-electron chi connectivity index (χ1n) is 8.11. The van der Waals surface area contributed by atoms with Crippen molar-refractivity contribution >= 4 is 23.4 Å². The highest BCUT2D eigenvalue weighted by atomic mass is 32.2. The van der Waals surface area contributed by atoms with Crippen molar-refractivity contribution in [3.63, 3.8) is 0 Å². The van der Waals surface area contributed by atoms with Crippen LogP contribution in [0.4, 0.5) is 5.69 Å². The standard InChI is InChI=1S/C18H21N3O2S/c1-10-7-8-14(11(2)9-10)19-16(22)12(3)24-18-20-15-6-4-5-13(15)17(23)21-18/h7-9,12H,4-6H2,1-3H3,(H,19,22)(H,20,21,23)/t12-/m0/s1. The largest absolute Gasteiger partial charge is 0.325 e. The second kappa shape index (κ2) is 6.81. The van der Waals surface area contributed by atoms with Gasteiger partial charge < -0.3 is 10.3 Å². The molecule has 0 fully saturated rings. The molecule has 24 heavy (non-hydrogen) atoms. The van der Waals surface area contributed by atoms with Crippen molar-refractivity contribution in [1.82, 2.24) is 9.97 Å². The van der Waals surface area contributed by atoms with E-state index in [0.717, 1.165) is 47.3 Å². The molecule has 0 radical (unpaired) electrons. The topological polar surface area (TPSA) is 74.8 Å². The highest BCUT2D eigenvalue weighted by Crippen LogP contribution is 2.24. The molecule has 0 unspecified atom stereocenters. The van der Waals surface area contributed by atoms with E-state index in [4.69, 9.17) is 0 Å². The molecular formula is C18H21N3O2S. The Bertz CT molecular complexity index is 845. The van der Waals surface area contributed by atoms with Crippen molar-refractivity contribution in [2.45, 2.75) is 50.4 Å². The summed E-state index contributed by atoms with van der Waals surface area (Å²) in [6.07, 6.45) is 2.61. The fourth-order valence-electron chi connectivity index (χ4n) is 2.88. The summed E-state index contributed by atoms with van der Waals surface area (Å²) >= 11 is 1.28. The SMILES string of the molecule is Cc1ccc(NC(=O)[C@H](C)Sc2nc3c(c(=O)[nH]2)CCC3)c(C)c1. The predicted octanol–water partition coefficient (Wildman–Crippen LogP) is 2.99. The van der Waals surface area contributed by atoms with Crippen molar-refractivity contribution in [3.05, 3.63) is 50.9 Å². The van der Waals surface area contributed by atoms with Gasteiger partial charge in [-0.1, -0.05) is 29.5 Å². The van der Waals surface area contributed by atoms with Crippen molar-refractivity contribution in [3.8, 4) is 0 Å². The Morgan fingerprint density at radius 2 is 2.12 bits per heavy atom. The first-order chi connectivity index (χ1) is 11.4. The Balaban J connectivity index is 1.70. The molecule has 0 saturated heterocycles. The van der Waals surface area contributed by atoms with Crippen LogP contribution in [0.15, 0.2) is 28.2 Å². The average Bonchev–Trinajstić information content (AvgIpc) is 2.99. The molecule has 6 heteroatoms. The van der Waals surface area contributed by atoms with E-state index >= 15 is 0 Å². The van der Waals surface area contributed by atoms with Gasteiger partial charge in [-0.3, -0.25) is 9.59 Å². The predicted molar refractivity (Wildman–Crippen MR) is 96.7 cm³/mol. The minimum Gasteiger partial charge on any atom is -0.325 e. The lowest BCUT2D eigenvalue weighted by molar-refractivity contribution is -0.115. The van der Waals surface area contributed by atoms with Crippen LogP contribution in [0, 0.1) is 13.8 Å². The Hall–Kier alpha value is -2.08. The van der Waals surface area contributed by atoms with Gasteiger partial charge in [0.1, 0.15) is 0 Å². The normalized spacial score (nSPS) is 14.3. The van der Waals surface area contributed by atoms with Crippen LogP contribution < -0.4 is 10.9 Å². The number of aromatic nitrogens is 2. The maximum atomic E-state index is 12.4. The van der Waals surface area contributed by atoms with Gasteiger partial charge in [0.2, 0.25) is 5.91 Å². The number of amides is 1. The van der Waals surface area contributed by atoms with Crippen LogP contribution in [0.3, 0.4) is 0 Å². The quantitative estimate of drug-likeness (QED) is 0.661. The molecule has 3 rings (SSSR count). The van der Waals surface area contributed by atoms with Crippen molar-refractivity contribution in [1.29, 1.82) is 0 Å². The number of benzene rings is 1.